The molecule has 3 aromatic rings. The first-order chi connectivity index (χ1) is 15.6. The predicted molar refractivity (Wildman–Crippen MR) is 125 cm³/mol. The maximum atomic E-state index is 10.4. The minimum Gasteiger partial charge on any atom is -0.493 e. The lowest BCUT2D eigenvalue weighted by Gasteiger charge is -2.25. The van der Waals surface area contributed by atoms with Crippen LogP contribution in [0.15, 0.2) is 54.6 Å². The molecule has 7 heteroatoms. The van der Waals surface area contributed by atoms with Crippen LogP contribution in [0, 0.1) is 0 Å². The first-order valence-corrected chi connectivity index (χ1v) is 10.9. The molecule has 7 nitrogen and oxygen atoms in total. The highest BCUT2D eigenvalue weighted by molar-refractivity contribution is 5.65. The molecule has 1 heterocycles. The van der Waals surface area contributed by atoms with Crippen LogP contribution in [0.2, 0.25) is 0 Å². The van der Waals surface area contributed by atoms with Crippen molar-refractivity contribution in [2.75, 3.05) is 33.9 Å². The Labute approximate surface area is 190 Å². The van der Waals surface area contributed by atoms with Crippen LogP contribution in [0.1, 0.15) is 18.9 Å². The zero-order valence-corrected chi connectivity index (χ0v) is 19.3. The fraction of sp³-hybridized carbons (Fsp3) is 0.400. The molecule has 0 spiro atoms. The number of para-hydroxylation sites is 2. The van der Waals surface area contributed by atoms with E-state index < -0.39 is 6.10 Å². The highest BCUT2D eigenvalue weighted by atomic mass is 16.5. The summed E-state index contributed by atoms with van der Waals surface area (Å²) in [5, 5.41) is 15.2. The quantitative estimate of drug-likeness (QED) is 0.458. The fourth-order valence-corrected chi connectivity index (χ4v) is 3.78. The van der Waals surface area contributed by atoms with Gasteiger partial charge in [0.05, 0.1) is 25.4 Å². The SMILES string of the molecule is CCCN(Cc1c(-c2ccccc2)nn(C)c1Oc1ccccc1OC)C[C@H](O)COC. The van der Waals surface area contributed by atoms with Gasteiger partial charge in [0.1, 0.15) is 5.69 Å². The summed E-state index contributed by atoms with van der Waals surface area (Å²) in [5.41, 5.74) is 2.84. The van der Waals surface area contributed by atoms with Crippen LogP contribution in [0.4, 0.5) is 0 Å². The lowest BCUT2D eigenvalue weighted by Crippen LogP contribution is -2.35. The molecule has 0 radical (unpaired) electrons. The molecule has 3 rings (SSSR count). The highest BCUT2D eigenvalue weighted by Gasteiger charge is 2.23. The van der Waals surface area contributed by atoms with Crippen LogP contribution in [-0.2, 0) is 18.3 Å². The van der Waals surface area contributed by atoms with E-state index in [1.54, 1.807) is 18.9 Å². The van der Waals surface area contributed by atoms with Crippen LogP contribution in [-0.4, -0.2) is 59.8 Å². The molecule has 0 saturated carbocycles. The number of rotatable bonds is 12. The number of aliphatic hydroxyl groups excluding tert-OH is 1. The largest absolute Gasteiger partial charge is 0.493 e. The summed E-state index contributed by atoms with van der Waals surface area (Å²) in [4.78, 5) is 2.21. The number of aryl methyl sites for hydroxylation is 1. The van der Waals surface area contributed by atoms with Crippen LogP contribution < -0.4 is 9.47 Å². The van der Waals surface area contributed by atoms with Crippen LogP contribution in [0.25, 0.3) is 11.3 Å². The standard InChI is InChI=1S/C25H33N3O4/c1-5-15-28(16-20(29)18-30-3)17-21-24(19-11-7-6-8-12-19)26-27(2)25(21)32-23-14-10-9-13-22(23)31-4/h6-14,20,29H,5,15-18H2,1-4H3/t20-/m0/s1. The lowest BCUT2D eigenvalue weighted by atomic mass is 10.1. The minimum absolute atomic E-state index is 0.295. The number of aromatic nitrogens is 2. The Bertz CT molecular complexity index is 975. The number of hydrogen-bond acceptors (Lipinski definition) is 6. The van der Waals surface area contributed by atoms with E-state index in [1.807, 2.05) is 61.6 Å². The normalized spacial score (nSPS) is 12.2. The molecule has 1 atom stereocenters. The van der Waals surface area contributed by atoms with Gasteiger partial charge in [-0.1, -0.05) is 49.4 Å². The van der Waals surface area contributed by atoms with E-state index in [0.717, 1.165) is 29.8 Å². The van der Waals surface area contributed by atoms with E-state index in [1.165, 1.54) is 0 Å². The molecule has 0 bridgehead atoms. The predicted octanol–water partition coefficient (Wildman–Crippen LogP) is 4.11. The maximum Gasteiger partial charge on any atom is 0.222 e. The summed E-state index contributed by atoms with van der Waals surface area (Å²) in [6.07, 6.45) is 0.394. The molecule has 2 aromatic carbocycles. The van der Waals surface area contributed by atoms with E-state index in [4.69, 9.17) is 19.3 Å². The summed E-state index contributed by atoms with van der Waals surface area (Å²) in [7, 11) is 5.10. The minimum atomic E-state index is -0.568. The molecule has 172 valence electrons. The van der Waals surface area contributed by atoms with Crippen molar-refractivity contribution >= 4 is 0 Å². The van der Waals surface area contributed by atoms with Gasteiger partial charge in [0.15, 0.2) is 11.5 Å². The van der Waals surface area contributed by atoms with Gasteiger partial charge in [0.2, 0.25) is 5.88 Å². The third-order valence-electron chi connectivity index (χ3n) is 5.16. The van der Waals surface area contributed by atoms with Gasteiger partial charge >= 0.3 is 0 Å². The molecule has 0 amide bonds. The van der Waals surface area contributed by atoms with Gasteiger partial charge in [-0.2, -0.15) is 5.10 Å². The summed E-state index contributed by atoms with van der Waals surface area (Å²) >= 11 is 0. The smallest absolute Gasteiger partial charge is 0.222 e. The Balaban J connectivity index is 2.02. The zero-order valence-electron chi connectivity index (χ0n) is 19.3. The van der Waals surface area contributed by atoms with Crippen LogP contribution >= 0.6 is 0 Å². The highest BCUT2D eigenvalue weighted by Crippen LogP contribution is 2.37. The van der Waals surface area contributed by atoms with Gasteiger partial charge in [0.25, 0.3) is 0 Å². The Morgan fingerprint density at radius 3 is 2.38 bits per heavy atom. The Morgan fingerprint density at radius 2 is 1.72 bits per heavy atom. The number of methoxy groups -OCH3 is 2. The zero-order chi connectivity index (χ0) is 22.9. The molecule has 32 heavy (non-hydrogen) atoms. The maximum absolute atomic E-state index is 10.4. The van der Waals surface area contributed by atoms with Gasteiger partial charge in [-0.15, -0.1) is 0 Å². The van der Waals surface area contributed by atoms with E-state index in [0.29, 0.717) is 37.1 Å². The summed E-state index contributed by atoms with van der Waals surface area (Å²) in [5.74, 6) is 1.93. The Hall–Kier alpha value is -2.87. The Kier molecular flexibility index (Phi) is 8.67. The first kappa shape index (κ1) is 23.8. The number of aliphatic hydroxyl groups is 1. The number of nitrogens with zero attached hydrogens (tertiary/aromatic N) is 3. The van der Waals surface area contributed by atoms with E-state index in [9.17, 15) is 5.11 Å². The van der Waals surface area contributed by atoms with Crippen molar-refractivity contribution in [1.82, 2.24) is 14.7 Å². The van der Waals surface area contributed by atoms with Crippen molar-refractivity contribution in [2.24, 2.45) is 7.05 Å². The second-order valence-corrected chi connectivity index (χ2v) is 7.72. The summed E-state index contributed by atoms with van der Waals surface area (Å²) in [6, 6.07) is 17.6. The van der Waals surface area contributed by atoms with Gasteiger partial charge in [0, 0.05) is 32.8 Å². The van der Waals surface area contributed by atoms with Gasteiger partial charge < -0.3 is 19.3 Å². The van der Waals surface area contributed by atoms with Crippen molar-refractivity contribution in [1.29, 1.82) is 0 Å². The van der Waals surface area contributed by atoms with Crippen LogP contribution in [0.3, 0.4) is 0 Å². The monoisotopic (exact) mass is 439 g/mol. The van der Waals surface area contributed by atoms with Crippen LogP contribution in [0.5, 0.6) is 17.4 Å². The first-order valence-electron chi connectivity index (χ1n) is 10.9. The fourth-order valence-electron chi connectivity index (χ4n) is 3.78. The molecule has 0 aliphatic carbocycles. The van der Waals surface area contributed by atoms with Crippen molar-refractivity contribution < 1.29 is 19.3 Å². The molecule has 0 unspecified atom stereocenters. The molecular weight excluding hydrogens is 406 g/mol. The van der Waals surface area contributed by atoms with Gasteiger partial charge in [-0.25, -0.2) is 4.68 Å². The van der Waals surface area contributed by atoms with E-state index in [-0.39, 0.29) is 0 Å². The molecule has 0 fully saturated rings. The third kappa shape index (κ3) is 5.88. The topological polar surface area (TPSA) is 69.0 Å². The average molecular weight is 440 g/mol. The summed E-state index contributed by atoms with van der Waals surface area (Å²) in [6.45, 7) is 4.33. The molecule has 0 aliphatic rings. The summed E-state index contributed by atoms with van der Waals surface area (Å²) < 4.78 is 18.7. The van der Waals surface area contributed by atoms with Crippen molar-refractivity contribution in [3.05, 3.63) is 60.2 Å². The Morgan fingerprint density at radius 1 is 1.03 bits per heavy atom. The second kappa shape index (κ2) is 11.7. The van der Waals surface area contributed by atoms with E-state index in [2.05, 4.69) is 11.8 Å². The van der Waals surface area contributed by atoms with Gasteiger partial charge in [-0.3, -0.25) is 4.90 Å². The van der Waals surface area contributed by atoms with Gasteiger partial charge in [-0.05, 0) is 25.1 Å². The number of ether oxygens (including phenoxy) is 3. The average Bonchev–Trinajstić information content (AvgIpc) is 3.10. The number of benzene rings is 2. The molecular formula is C25H33N3O4. The molecule has 0 aliphatic heterocycles. The van der Waals surface area contributed by atoms with Crippen molar-refractivity contribution in [2.45, 2.75) is 26.0 Å². The van der Waals surface area contributed by atoms with Crippen molar-refractivity contribution in [3.8, 4) is 28.6 Å². The van der Waals surface area contributed by atoms with E-state index >= 15 is 0 Å². The molecule has 1 N–H and O–H groups in total. The lowest BCUT2D eigenvalue weighted by molar-refractivity contribution is 0.0357. The van der Waals surface area contributed by atoms with Crippen molar-refractivity contribution in [3.63, 3.8) is 0 Å². The third-order valence-corrected chi connectivity index (χ3v) is 5.16. The molecule has 0 saturated heterocycles. The number of hydrogen-bond donors (Lipinski definition) is 1. The molecule has 1 aromatic heterocycles. The second-order valence-electron chi connectivity index (χ2n) is 7.72.